The molecule has 2 N–H and O–H groups in total. The number of methoxy groups -OCH3 is 1. The van der Waals surface area contributed by atoms with Crippen molar-refractivity contribution in [3.05, 3.63) is 27.4 Å². The summed E-state index contributed by atoms with van der Waals surface area (Å²) in [6.45, 7) is 0. The molecule has 0 aliphatic heterocycles. The monoisotopic (exact) mass is 247 g/mol. The van der Waals surface area contributed by atoms with Crippen molar-refractivity contribution in [2.75, 3.05) is 12.8 Å². The topological polar surface area (TPSA) is 108 Å². The van der Waals surface area contributed by atoms with Crippen LogP contribution in [0.3, 0.4) is 0 Å². The molecule has 7 nitrogen and oxygen atoms in total. The van der Waals surface area contributed by atoms with Gasteiger partial charge in [0.15, 0.2) is 5.56 Å². The maximum atomic E-state index is 12.6. The number of pyridine rings is 1. The molecule has 0 radical (unpaired) electrons. The largest absolute Gasteiger partial charge is 0.465 e. The van der Waals surface area contributed by atoms with Crippen LogP contribution in [-0.2, 0) is 4.74 Å². The number of anilines is 1. The maximum absolute atomic E-state index is 12.6. The Morgan fingerprint density at radius 3 is 2.65 bits per heavy atom. The molecule has 0 atom stereocenters. The molecule has 0 amide bonds. The lowest BCUT2D eigenvalue weighted by molar-refractivity contribution is -0.386. The quantitative estimate of drug-likeness (QED) is 0.489. The predicted octanol–water partition coefficient (Wildman–Crippen LogP) is 1.30. The molecular weight excluding hydrogens is 240 g/mol. The summed E-state index contributed by atoms with van der Waals surface area (Å²) in [4.78, 5) is 24.1. The van der Waals surface area contributed by atoms with E-state index in [0.717, 1.165) is 13.3 Å². The van der Waals surface area contributed by atoms with E-state index < -0.39 is 40.0 Å². The van der Waals surface area contributed by atoms with E-state index in [1.165, 1.54) is 0 Å². The van der Waals surface area contributed by atoms with Gasteiger partial charge in [-0.25, -0.2) is 18.6 Å². The molecule has 1 aromatic heterocycles. The van der Waals surface area contributed by atoms with Gasteiger partial charge >= 0.3 is 5.97 Å². The van der Waals surface area contributed by atoms with Crippen LogP contribution in [0, 0.1) is 10.1 Å². The Morgan fingerprint density at radius 2 is 2.24 bits per heavy atom. The first kappa shape index (κ1) is 12.7. The Hall–Kier alpha value is -2.32. The minimum absolute atomic E-state index is 0.665. The van der Waals surface area contributed by atoms with Crippen molar-refractivity contribution < 1.29 is 23.2 Å². The van der Waals surface area contributed by atoms with Gasteiger partial charge in [0.2, 0.25) is 0 Å². The highest BCUT2D eigenvalue weighted by molar-refractivity contribution is 5.94. The summed E-state index contributed by atoms with van der Waals surface area (Å²) >= 11 is 0. The fourth-order valence-corrected chi connectivity index (χ4v) is 1.20. The number of carbonyl (C=O) groups excluding carboxylic acids is 1. The van der Waals surface area contributed by atoms with Crippen LogP contribution in [0.15, 0.2) is 6.20 Å². The number of ether oxygens (including phenoxy) is 1. The van der Waals surface area contributed by atoms with Crippen molar-refractivity contribution in [3.63, 3.8) is 0 Å². The normalized spacial score (nSPS) is 10.4. The predicted molar refractivity (Wildman–Crippen MR) is 51.6 cm³/mol. The van der Waals surface area contributed by atoms with Gasteiger partial charge in [-0.15, -0.1) is 0 Å². The molecule has 1 rings (SSSR count). The molecule has 1 aromatic rings. The van der Waals surface area contributed by atoms with Crippen molar-refractivity contribution in [2.45, 2.75) is 6.43 Å². The first-order valence-electron chi connectivity index (χ1n) is 4.19. The molecular formula is C8H7F2N3O4. The van der Waals surface area contributed by atoms with Gasteiger partial charge in [-0.3, -0.25) is 10.1 Å². The van der Waals surface area contributed by atoms with Crippen LogP contribution in [0.2, 0.25) is 0 Å². The first-order chi connectivity index (χ1) is 7.90. The fraction of sp³-hybridized carbons (Fsp3) is 0.250. The second kappa shape index (κ2) is 4.68. The van der Waals surface area contributed by atoms with Gasteiger partial charge < -0.3 is 10.5 Å². The number of esters is 1. The number of rotatable bonds is 3. The van der Waals surface area contributed by atoms with E-state index in [9.17, 15) is 23.7 Å². The minimum Gasteiger partial charge on any atom is -0.465 e. The van der Waals surface area contributed by atoms with Crippen LogP contribution in [0.5, 0.6) is 0 Å². The van der Waals surface area contributed by atoms with Gasteiger partial charge in [0.25, 0.3) is 12.1 Å². The molecule has 0 fully saturated rings. The van der Waals surface area contributed by atoms with Crippen molar-refractivity contribution in [1.82, 2.24) is 4.98 Å². The number of nitrogen functional groups attached to an aromatic ring is 1. The molecule has 0 spiro atoms. The minimum atomic E-state index is -3.22. The zero-order valence-electron chi connectivity index (χ0n) is 8.52. The van der Waals surface area contributed by atoms with E-state index in [-0.39, 0.29) is 0 Å². The Morgan fingerprint density at radius 1 is 1.65 bits per heavy atom. The summed E-state index contributed by atoms with van der Waals surface area (Å²) in [6.07, 6.45) is -2.49. The highest BCUT2D eigenvalue weighted by Gasteiger charge is 2.32. The van der Waals surface area contributed by atoms with Crippen molar-refractivity contribution >= 4 is 17.5 Å². The smallest absolute Gasteiger partial charge is 0.346 e. The number of aromatic nitrogens is 1. The summed E-state index contributed by atoms with van der Waals surface area (Å²) in [5, 5.41) is 10.7. The van der Waals surface area contributed by atoms with E-state index in [0.29, 0.717) is 0 Å². The number of nitrogens with zero attached hydrogens (tertiary/aromatic N) is 2. The number of nitrogens with two attached hydrogens (primary N) is 1. The first-order valence-corrected chi connectivity index (χ1v) is 4.19. The molecule has 0 bridgehead atoms. The Balaban J connectivity index is 3.59. The highest BCUT2D eigenvalue weighted by atomic mass is 19.3. The van der Waals surface area contributed by atoms with E-state index in [1.54, 1.807) is 0 Å². The molecule has 0 saturated carbocycles. The lowest BCUT2D eigenvalue weighted by Gasteiger charge is -2.07. The van der Waals surface area contributed by atoms with Gasteiger partial charge in [-0.2, -0.15) is 0 Å². The van der Waals surface area contributed by atoms with Crippen molar-refractivity contribution in [2.24, 2.45) is 0 Å². The van der Waals surface area contributed by atoms with E-state index in [4.69, 9.17) is 5.73 Å². The van der Waals surface area contributed by atoms with Crippen LogP contribution >= 0.6 is 0 Å². The molecule has 0 aromatic carbocycles. The third-order valence-electron chi connectivity index (χ3n) is 1.93. The summed E-state index contributed by atoms with van der Waals surface area (Å²) in [5.74, 6) is -1.83. The standard InChI is InChI=1S/C8H7F2N3O4/c1-17-8(14)3-2-12-7(11)4(6(9)10)5(3)13(15)16/h2,6H,1H3,(H2,11,12). The summed E-state index contributed by atoms with van der Waals surface area (Å²) < 4.78 is 29.5. The second-order valence-electron chi connectivity index (χ2n) is 2.87. The third kappa shape index (κ3) is 2.27. The summed E-state index contributed by atoms with van der Waals surface area (Å²) in [7, 11) is 0.963. The van der Waals surface area contributed by atoms with Gasteiger partial charge in [0, 0.05) is 0 Å². The van der Waals surface area contributed by atoms with Gasteiger partial charge in [0.1, 0.15) is 11.4 Å². The molecule has 0 aliphatic carbocycles. The molecule has 0 saturated heterocycles. The third-order valence-corrected chi connectivity index (χ3v) is 1.93. The van der Waals surface area contributed by atoms with Gasteiger partial charge in [-0.1, -0.05) is 0 Å². The molecule has 0 aliphatic rings. The summed E-state index contributed by atoms with van der Waals surface area (Å²) in [6, 6.07) is 0. The summed E-state index contributed by atoms with van der Waals surface area (Å²) in [5.41, 5.74) is 2.29. The lowest BCUT2D eigenvalue weighted by atomic mass is 10.1. The molecule has 17 heavy (non-hydrogen) atoms. The Kier molecular flexibility index (Phi) is 3.51. The zero-order chi connectivity index (χ0) is 13.2. The number of alkyl halides is 2. The molecule has 9 heteroatoms. The lowest BCUT2D eigenvalue weighted by Crippen LogP contribution is -2.11. The van der Waals surface area contributed by atoms with Crippen LogP contribution in [0.1, 0.15) is 22.3 Å². The average molecular weight is 247 g/mol. The molecule has 1 heterocycles. The van der Waals surface area contributed by atoms with Crippen LogP contribution in [0.25, 0.3) is 0 Å². The number of halogens is 2. The number of carbonyl (C=O) groups is 1. The Bertz CT molecular complexity index is 478. The highest BCUT2D eigenvalue weighted by Crippen LogP contribution is 2.35. The molecule has 0 unspecified atom stereocenters. The van der Waals surface area contributed by atoms with Crippen LogP contribution in [0.4, 0.5) is 20.3 Å². The molecule has 92 valence electrons. The van der Waals surface area contributed by atoms with E-state index in [2.05, 4.69) is 9.72 Å². The van der Waals surface area contributed by atoms with Gasteiger partial charge in [0.05, 0.1) is 18.2 Å². The van der Waals surface area contributed by atoms with E-state index >= 15 is 0 Å². The maximum Gasteiger partial charge on any atom is 0.346 e. The second-order valence-corrected chi connectivity index (χ2v) is 2.87. The van der Waals surface area contributed by atoms with Crippen molar-refractivity contribution in [3.8, 4) is 0 Å². The SMILES string of the molecule is COC(=O)c1cnc(N)c(C(F)F)c1[N+](=O)[O-]. The van der Waals surface area contributed by atoms with Crippen molar-refractivity contribution in [1.29, 1.82) is 0 Å². The van der Waals surface area contributed by atoms with E-state index in [1.807, 2.05) is 0 Å². The van der Waals surface area contributed by atoms with Crippen LogP contribution in [-0.4, -0.2) is 23.0 Å². The average Bonchev–Trinajstić information content (AvgIpc) is 2.26. The fourth-order valence-electron chi connectivity index (χ4n) is 1.20. The van der Waals surface area contributed by atoms with Gasteiger partial charge in [-0.05, 0) is 0 Å². The number of hydrogen-bond donors (Lipinski definition) is 1. The number of nitro groups is 1. The van der Waals surface area contributed by atoms with Crippen LogP contribution < -0.4 is 5.73 Å². The number of hydrogen-bond acceptors (Lipinski definition) is 6. The zero-order valence-corrected chi connectivity index (χ0v) is 8.52. The Labute approximate surface area is 93.3 Å².